The quantitative estimate of drug-likeness (QED) is 0.0199. The van der Waals surface area contributed by atoms with Crippen molar-refractivity contribution in [2.24, 2.45) is 59.2 Å². The molecule has 41 heteroatoms. The van der Waals surface area contributed by atoms with Crippen LogP contribution in [0, 0.1) is 59.2 Å². The predicted octanol–water partition coefficient (Wildman–Crippen LogP) is 15.1. The predicted molar refractivity (Wildman–Crippen MR) is 524 cm³/mol. The fourth-order valence-electron chi connectivity index (χ4n) is 14.4. The molecule has 0 aliphatic carbocycles. The zero-order valence-corrected chi connectivity index (χ0v) is 89.4. The summed E-state index contributed by atoms with van der Waals surface area (Å²) in [4.78, 5) is 201. The Labute approximate surface area is 844 Å². The van der Waals surface area contributed by atoms with E-state index in [-0.39, 0.29) is 25.7 Å². The number of carboxylic acid groups (broad SMARTS) is 11. The molecule has 0 amide bonds. The van der Waals surface area contributed by atoms with Crippen LogP contribution in [0.4, 0.5) is 0 Å². The third kappa shape index (κ3) is 76.7. The van der Waals surface area contributed by atoms with Crippen LogP contribution in [-0.4, -0.2) is 264 Å². The van der Waals surface area contributed by atoms with E-state index in [2.05, 4.69) is 96.9 Å². The van der Waals surface area contributed by atoms with E-state index < -0.39 is 235 Å². The van der Waals surface area contributed by atoms with Gasteiger partial charge in [-0.3, -0.25) is 57.5 Å². The van der Waals surface area contributed by atoms with Crippen LogP contribution in [0.2, 0.25) is 0 Å². The highest BCUT2D eigenvalue weighted by molar-refractivity contribution is 5.93. The molecule has 0 saturated carbocycles. The number of carbonyl (C=O) groups is 18. The van der Waals surface area contributed by atoms with Crippen LogP contribution in [-0.2, 0) is 115 Å². The number of carbonyl (C=O) groups excluding carboxylic acids is 7. The number of hydrogen-bond donors (Lipinski definition) is 17. The largest absolute Gasteiger partial charge is 0.481 e. The molecule has 0 fully saturated rings. The minimum absolute atomic E-state index is 0.125. The Morgan fingerprint density at radius 1 is 0.238 bits per heavy atom. The molecular formula is C102H180O41. The van der Waals surface area contributed by atoms with Gasteiger partial charge in [0.05, 0.1) is 90.4 Å². The molecule has 0 saturated heterocycles. The fraction of sp³-hybridized carbons (Fsp3) is 0.824. The van der Waals surface area contributed by atoms with E-state index in [9.17, 15) is 117 Å². The molecule has 14 unspecified atom stereocenters. The zero-order chi connectivity index (χ0) is 113. The van der Waals surface area contributed by atoms with Gasteiger partial charge in [-0.15, -0.1) is 0 Å². The summed E-state index contributed by atoms with van der Waals surface area (Å²) in [6.07, 6.45) is 15.7. The number of rotatable bonds is 73. The molecule has 17 N–H and O–H groups in total. The number of ketones is 1. The molecule has 143 heavy (non-hydrogen) atoms. The maximum atomic E-state index is 12.0. The van der Waals surface area contributed by atoms with E-state index in [0.717, 1.165) is 121 Å². The normalized spacial score (nSPS) is 15.6. The van der Waals surface area contributed by atoms with Crippen molar-refractivity contribution >= 4 is 107 Å². The Kier molecular flexibility index (Phi) is 74.0. The van der Waals surface area contributed by atoms with Gasteiger partial charge in [-0.1, -0.05) is 233 Å². The minimum Gasteiger partial charge on any atom is -0.481 e. The van der Waals surface area contributed by atoms with Crippen LogP contribution in [0.5, 0.6) is 0 Å². The second-order valence-electron chi connectivity index (χ2n) is 41.9. The molecule has 41 nitrogen and oxygen atoms in total. The van der Waals surface area contributed by atoms with Crippen LogP contribution in [0.15, 0.2) is 0 Å². The number of unbranched alkanes of at least 4 members (excludes halogenated alkanes) is 1. The van der Waals surface area contributed by atoms with Crippen LogP contribution in [0.3, 0.4) is 0 Å². The molecule has 834 valence electrons. The first-order valence-electron chi connectivity index (χ1n) is 49.8. The number of aliphatic carboxylic acids is 11. The van der Waals surface area contributed by atoms with Crippen molar-refractivity contribution in [3.63, 3.8) is 0 Å². The van der Waals surface area contributed by atoms with Crippen LogP contribution in [0.1, 0.15) is 410 Å². The Morgan fingerprint density at radius 2 is 0.455 bits per heavy atom. The van der Waals surface area contributed by atoms with E-state index >= 15 is 0 Å². The van der Waals surface area contributed by atoms with Gasteiger partial charge in [0.2, 0.25) is 0 Å². The Hall–Kier alpha value is -9.58. The second-order valence-corrected chi connectivity index (χ2v) is 41.9. The monoisotopic (exact) mass is 2060 g/mol. The van der Waals surface area contributed by atoms with Gasteiger partial charge in [0.15, 0.2) is 33.6 Å². The lowest BCUT2D eigenvalue weighted by atomic mass is 9.90. The average molecular weight is 2060 g/mol. The van der Waals surface area contributed by atoms with Crippen molar-refractivity contribution in [3.8, 4) is 0 Å². The number of carboxylic acids is 11. The van der Waals surface area contributed by atoms with E-state index in [1.807, 2.05) is 13.8 Å². The van der Waals surface area contributed by atoms with E-state index in [1.54, 1.807) is 41.5 Å². The molecule has 0 aromatic carbocycles. The fourth-order valence-corrected chi connectivity index (χ4v) is 14.4. The first-order valence-corrected chi connectivity index (χ1v) is 49.8. The zero-order valence-electron chi connectivity index (χ0n) is 89.4. The standard InChI is InChI=1S/C21H38O7.C17H30O6.4C16H28O7/c1-15(2)7-5-8-16(3)9-6-10-17(4)11-12-28-19(24)14-21(27,20(25)26)13-18(22)23;1-6-7-8-12(2)9-16(4,5)23-14(19)11-17(22,15(20)21)10-13(3)18;1-11(2)5-4-6-12(3)7-8-23-14(19)10-16(22,15(20)21)9-13(17)18;2*1-5-11(2)7-6-8-15(3,4)23-13(19)10-16(22,14(20)21)9-12(17)18;1-4-11(2)6-5-7-12(3)10-23-14(19)9-16(22,15(20)21)8-13(17)18/h15-17,27H,5-14H2,1-4H3,(H,22,23)(H,25,26);12,22H,6-11H2,1-5H3,(H,20,21);11-12,22H,4-10H2,1-3H3,(H,17,18)(H,20,21);2*11,22H,5-10H2,1-4H3,(H,17,18)(H,20,21);11-12,22H,4-10H2,1-3H3,(H,17,18)(H,20,21). The van der Waals surface area contributed by atoms with Crippen molar-refractivity contribution in [2.45, 2.75) is 460 Å². The molecule has 0 aromatic heterocycles. The summed E-state index contributed by atoms with van der Waals surface area (Å²) in [5.41, 5.74) is -18.0. The van der Waals surface area contributed by atoms with Crippen molar-refractivity contribution < 1.29 is 202 Å². The van der Waals surface area contributed by atoms with Gasteiger partial charge < -0.3 is 115 Å². The number of Topliss-reactive ketones (excluding diaryl/α,β-unsaturated/α-hetero) is 1. The Balaban J connectivity index is -0.000000394. The van der Waals surface area contributed by atoms with E-state index in [4.69, 9.17) is 84.6 Å². The lowest BCUT2D eigenvalue weighted by molar-refractivity contribution is -0.177. The maximum absolute atomic E-state index is 12.0. The number of hydrogen-bond acceptors (Lipinski definition) is 30. The molecule has 0 rings (SSSR count). The molecular weight excluding hydrogens is 1880 g/mol. The van der Waals surface area contributed by atoms with Gasteiger partial charge in [-0.2, -0.15) is 0 Å². The summed E-state index contributed by atoms with van der Waals surface area (Å²) in [6, 6.07) is 0. The Morgan fingerprint density at radius 3 is 0.699 bits per heavy atom. The summed E-state index contributed by atoms with van der Waals surface area (Å²) >= 11 is 0. The van der Waals surface area contributed by atoms with Crippen molar-refractivity contribution in [3.05, 3.63) is 0 Å². The van der Waals surface area contributed by atoms with Gasteiger partial charge >= 0.3 is 101 Å². The molecule has 0 spiro atoms. The third-order valence-electron chi connectivity index (χ3n) is 23.9. The first-order chi connectivity index (χ1) is 65.4. The SMILES string of the molecule is CC(C)CCCC(C)CCCC(C)CCOC(=O)CC(O)(CC(=O)O)C(=O)O.CC(C)CCCC(C)CCOC(=O)CC(O)(CC(=O)O)C(=O)O.CCC(C)CCCC(C)(C)OC(=O)CC(O)(CC(=O)O)C(=O)O.CCC(C)CCCC(C)(C)OC(=O)CC(O)(CC(=O)O)C(=O)O.CCC(C)CCCC(C)COC(=O)CC(O)(CC(=O)O)C(=O)O.CCCCC(C)CC(C)(C)OC(=O)CC(O)(CC(C)=O)C(=O)O. The highest BCUT2D eigenvalue weighted by atomic mass is 16.6. The summed E-state index contributed by atoms with van der Waals surface area (Å²) in [5, 5.41) is 156. The summed E-state index contributed by atoms with van der Waals surface area (Å²) in [7, 11) is 0. The second kappa shape index (κ2) is 73.5. The first kappa shape index (κ1) is 144. The van der Waals surface area contributed by atoms with E-state index in [1.165, 1.54) is 32.6 Å². The van der Waals surface area contributed by atoms with Gasteiger partial charge in [0.25, 0.3) is 0 Å². The maximum Gasteiger partial charge on any atom is 0.336 e. The van der Waals surface area contributed by atoms with Crippen LogP contribution >= 0.6 is 0 Å². The summed E-state index contributed by atoms with van der Waals surface area (Å²) in [6.45, 7) is 46.0. The van der Waals surface area contributed by atoms with Gasteiger partial charge in [0.1, 0.15) is 22.6 Å². The molecule has 0 aliphatic heterocycles. The van der Waals surface area contributed by atoms with Crippen molar-refractivity contribution in [1.29, 1.82) is 0 Å². The average Bonchev–Trinajstić information content (AvgIpc) is 0.850. The summed E-state index contributed by atoms with van der Waals surface area (Å²) < 4.78 is 30.7. The van der Waals surface area contributed by atoms with Crippen LogP contribution < -0.4 is 0 Å². The lowest BCUT2D eigenvalue weighted by Crippen LogP contribution is -2.44. The molecule has 0 heterocycles. The highest BCUT2D eigenvalue weighted by Gasteiger charge is 2.48. The van der Waals surface area contributed by atoms with Crippen molar-refractivity contribution in [1.82, 2.24) is 0 Å². The molecule has 0 radical (unpaired) electrons. The molecule has 0 bridgehead atoms. The number of ether oxygens (including phenoxy) is 6. The van der Waals surface area contributed by atoms with Crippen molar-refractivity contribution in [2.75, 3.05) is 19.8 Å². The van der Waals surface area contributed by atoms with Gasteiger partial charge in [0, 0.05) is 6.42 Å². The van der Waals surface area contributed by atoms with Gasteiger partial charge in [-0.05, 0) is 159 Å². The Bertz CT molecular complexity index is 3750. The minimum atomic E-state index is -2.66. The summed E-state index contributed by atoms with van der Waals surface area (Å²) in [5.74, 6) is -18.6. The topological polar surface area (TPSA) is 707 Å². The molecule has 14 atom stereocenters. The van der Waals surface area contributed by atoms with E-state index in [0.29, 0.717) is 79.4 Å². The number of esters is 6. The smallest absolute Gasteiger partial charge is 0.336 e. The number of aliphatic hydroxyl groups is 6. The molecule has 0 aromatic rings. The third-order valence-corrected chi connectivity index (χ3v) is 23.9. The van der Waals surface area contributed by atoms with Crippen LogP contribution in [0.25, 0.3) is 0 Å². The molecule has 0 aliphatic rings. The van der Waals surface area contributed by atoms with Gasteiger partial charge in [-0.25, -0.2) is 28.8 Å². The highest BCUT2D eigenvalue weighted by Crippen LogP contribution is 2.32. The lowest BCUT2D eigenvalue weighted by Gasteiger charge is -2.30.